The van der Waals surface area contributed by atoms with Crippen molar-refractivity contribution in [3.8, 4) is 34.1 Å². The van der Waals surface area contributed by atoms with Crippen LogP contribution in [0.5, 0.6) is 11.5 Å². The number of hydrogen-bond acceptors (Lipinski definition) is 9. The van der Waals surface area contributed by atoms with Gasteiger partial charge in [0.15, 0.2) is 16.5 Å². The van der Waals surface area contributed by atoms with Crippen LogP contribution in [0.15, 0.2) is 71.2 Å². The molecule has 0 radical (unpaired) electrons. The zero-order chi connectivity index (χ0) is 23.5. The normalized spacial score (nSPS) is 11.2. The van der Waals surface area contributed by atoms with E-state index in [1.54, 1.807) is 30.5 Å². The summed E-state index contributed by atoms with van der Waals surface area (Å²) in [5.74, 6) is -0.410. The molecule has 172 valence electrons. The van der Waals surface area contributed by atoms with Crippen molar-refractivity contribution >= 4 is 34.2 Å². The fourth-order valence-corrected chi connectivity index (χ4v) is 4.70. The molecule has 11 heteroatoms. The first-order valence-corrected chi connectivity index (χ1v) is 12.0. The maximum Gasteiger partial charge on any atom is 0.223 e. The number of halogens is 1. The van der Waals surface area contributed by atoms with Crippen molar-refractivity contribution in [3.05, 3.63) is 72.1 Å². The van der Waals surface area contributed by atoms with Gasteiger partial charge in [0.25, 0.3) is 0 Å². The van der Waals surface area contributed by atoms with Gasteiger partial charge < -0.3 is 15.5 Å². The van der Waals surface area contributed by atoms with Crippen molar-refractivity contribution in [2.45, 2.75) is 4.90 Å². The number of nitrogens with zero attached hydrogens (tertiary/aromatic N) is 4. The third kappa shape index (κ3) is 4.67. The average Bonchev–Trinajstić information content (AvgIpc) is 3.43. The van der Waals surface area contributed by atoms with E-state index in [-0.39, 0.29) is 5.75 Å². The zero-order valence-corrected chi connectivity index (χ0v) is 19.3. The van der Waals surface area contributed by atoms with Gasteiger partial charge in [-0.05, 0) is 60.5 Å². The van der Waals surface area contributed by atoms with E-state index in [1.165, 1.54) is 35.4 Å². The van der Waals surface area contributed by atoms with Crippen molar-refractivity contribution in [2.75, 3.05) is 18.4 Å². The number of hydrogen-bond donors (Lipinski definition) is 4. The summed E-state index contributed by atoms with van der Waals surface area (Å²) in [6, 6.07) is 12.9. The van der Waals surface area contributed by atoms with E-state index in [2.05, 4.69) is 25.0 Å². The number of benzene rings is 2. The van der Waals surface area contributed by atoms with Crippen LogP contribution in [0.25, 0.3) is 27.6 Å². The first-order chi connectivity index (χ1) is 16.6. The number of aromatic hydroxyl groups is 2. The van der Waals surface area contributed by atoms with Crippen molar-refractivity contribution in [3.63, 3.8) is 0 Å². The topological polar surface area (TPSA) is 108 Å². The maximum atomic E-state index is 13.6. The van der Waals surface area contributed by atoms with Crippen LogP contribution in [0.2, 0.25) is 0 Å². The van der Waals surface area contributed by atoms with Gasteiger partial charge in [-0.2, -0.15) is 0 Å². The summed E-state index contributed by atoms with van der Waals surface area (Å²) in [6.45, 7) is 1.24. The van der Waals surface area contributed by atoms with Crippen molar-refractivity contribution in [1.29, 1.82) is 0 Å². The summed E-state index contributed by atoms with van der Waals surface area (Å²) < 4.78 is 18.8. The van der Waals surface area contributed by atoms with Gasteiger partial charge in [0.1, 0.15) is 11.4 Å². The van der Waals surface area contributed by atoms with E-state index in [1.807, 2.05) is 28.1 Å². The van der Waals surface area contributed by atoms with Gasteiger partial charge in [0.2, 0.25) is 5.95 Å². The van der Waals surface area contributed by atoms with Gasteiger partial charge in [-0.25, -0.2) is 19.3 Å². The van der Waals surface area contributed by atoms with Crippen LogP contribution in [0.3, 0.4) is 0 Å². The molecule has 0 fully saturated rings. The summed E-state index contributed by atoms with van der Waals surface area (Å²) in [5.41, 5.74) is 2.56. The molecular formula is C23H19FN6O2S2. The molecule has 0 aliphatic rings. The van der Waals surface area contributed by atoms with Crippen LogP contribution >= 0.6 is 23.3 Å². The smallest absolute Gasteiger partial charge is 0.223 e. The fourth-order valence-electron chi connectivity index (χ4n) is 3.34. The van der Waals surface area contributed by atoms with Crippen molar-refractivity contribution < 1.29 is 14.6 Å². The zero-order valence-electron chi connectivity index (χ0n) is 17.6. The molecule has 5 aromatic rings. The number of rotatable bonds is 8. The quantitative estimate of drug-likeness (QED) is 0.180. The van der Waals surface area contributed by atoms with Crippen molar-refractivity contribution in [1.82, 2.24) is 24.1 Å². The Kier molecular flexibility index (Phi) is 6.30. The molecule has 4 N–H and O–H groups in total. The molecule has 0 spiro atoms. The lowest BCUT2D eigenvalue weighted by atomic mass is 10.1. The van der Waals surface area contributed by atoms with Crippen LogP contribution in [0.1, 0.15) is 0 Å². The molecule has 3 heterocycles. The lowest BCUT2D eigenvalue weighted by Gasteiger charge is -2.09. The third-order valence-electron chi connectivity index (χ3n) is 4.92. The van der Waals surface area contributed by atoms with Gasteiger partial charge in [-0.3, -0.25) is 9.12 Å². The van der Waals surface area contributed by atoms with E-state index in [0.29, 0.717) is 36.0 Å². The minimum Gasteiger partial charge on any atom is -0.508 e. The first kappa shape index (κ1) is 22.1. The molecule has 2 aromatic carbocycles. The third-order valence-corrected chi connectivity index (χ3v) is 6.53. The number of nitrogens with one attached hydrogen (secondary N) is 2. The van der Waals surface area contributed by atoms with Crippen molar-refractivity contribution in [2.24, 2.45) is 0 Å². The second kappa shape index (κ2) is 9.67. The monoisotopic (exact) mass is 494 g/mol. The Morgan fingerprint density at radius 1 is 1.03 bits per heavy atom. The molecule has 0 saturated carbocycles. The Morgan fingerprint density at radius 3 is 2.71 bits per heavy atom. The highest BCUT2D eigenvalue weighted by Crippen LogP contribution is 2.35. The number of phenols is 2. The second-order valence-electron chi connectivity index (χ2n) is 7.21. The van der Waals surface area contributed by atoms with E-state index < -0.39 is 11.6 Å². The standard InChI is InChI=1S/C23H19FN6O2S2/c24-17-6-1-14(13-19(17)32)20-21(30-11-12-33-23(30)29-20)18-7-8-25-22(28-18)26-9-10-27-34-16-4-2-15(31)3-5-16/h1-8,11-13,27,31-32H,9-10H2,(H,25,26,28). The van der Waals surface area contributed by atoms with Crippen LogP contribution in [-0.2, 0) is 0 Å². The van der Waals surface area contributed by atoms with E-state index in [9.17, 15) is 14.6 Å². The van der Waals surface area contributed by atoms with E-state index in [4.69, 9.17) is 0 Å². The SMILES string of the molecule is Oc1ccc(SNCCNc2nccc(-c3c(-c4ccc(F)c(O)c4)nc4sccn34)n2)cc1. The number of thiazole rings is 1. The summed E-state index contributed by atoms with van der Waals surface area (Å²) >= 11 is 2.94. The molecule has 0 atom stereocenters. The second-order valence-corrected chi connectivity index (χ2v) is 9.05. The molecule has 0 unspecified atom stereocenters. The highest BCUT2D eigenvalue weighted by Gasteiger charge is 2.19. The number of phenolic OH excluding ortho intramolecular Hbond substituents is 2. The van der Waals surface area contributed by atoms with Crippen LogP contribution in [0, 0.1) is 5.82 Å². The van der Waals surface area contributed by atoms with Crippen LogP contribution in [-0.4, -0.2) is 42.7 Å². The Hall–Kier alpha value is -3.67. The number of fused-ring (bicyclic) bond motifs is 1. The minimum atomic E-state index is -0.683. The molecule has 8 nitrogen and oxygen atoms in total. The number of imidazole rings is 1. The predicted octanol–water partition coefficient (Wildman–Crippen LogP) is 4.78. The highest BCUT2D eigenvalue weighted by atomic mass is 32.2. The minimum absolute atomic E-state index is 0.236. The van der Waals surface area contributed by atoms with E-state index >= 15 is 0 Å². The Balaban J connectivity index is 1.33. The molecule has 5 rings (SSSR count). The number of aromatic nitrogens is 4. The lowest BCUT2D eigenvalue weighted by molar-refractivity contribution is 0.432. The Labute approximate surface area is 202 Å². The molecule has 0 saturated heterocycles. The summed E-state index contributed by atoms with van der Waals surface area (Å²) in [4.78, 5) is 15.4. The largest absolute Gasteiger partial charge is 0.508 e. The fraction of sp³-hybridized carbons (Fsp3) is 0.0870. The van der Waals surface area contributed by atoms with Crippen LogP contribution in [0.4, 0.5) is 10.3 Å². The molecular weight excluding hydrogens is 475 g/mol. The Morgan fingerprint density at radius 2 is 1.88 bits per heavy atom. The van der Waals surface area contributed by atoms with E-state index in [0.717, 1.165) is 15.6 Å². The average molecular weight is 495 g/mol. The van der Waals surface area contributed by atoms with Gasteiger partial charge in [-0.1, -0.05) is 0 Å². The van der Waals surface area contributed by atoms with Gasteiger partial charge in [0.05, 0.1) is 11.4 Å². The molecule has 0 bridgehead atoms. The summed E-state index contributed by atoms with van der Waals surface area (Å²) in [7, 11) is 0. The molecule has 3 aromatic heterocycles. The highest BCUT2D eigenvalue weighted by molar-refractivity contribution is 7.97. The molecule has 34 heavy (non-hydrogen) atoms. The Bertz CT molecular complexity index is 1440. The van der Waals surface area contributed by atoms with Gasteiger partial charge in [0, 0.05) is 41.3 Å². The maximum absolute atomic E-state index is 13.6. The van der Waals surface area contributed by atoms with Crippen LogP contribution < -0.4 is 10.0 Å². The molecule has 0 amide bonds. The first-order valence-electron chi connectivity index (χ1n) is 10.3. The molecule has 0 aliphatic carbocycles. The lowest BCUT2D eigenvalue weighted by Crippen LogP contribution is -2.17. The summed E-state index contributed by atoms with van der Waals surface area (Å²) in [5, 5.41) is 24.3. The van der Waals surface area contributed by atoms with Gasteiger partial charge in [-0.15, -0.1) is 11.3 Å². The number of anilines is 1. The molecule has 0 aliphatic heterocycles. The van der Waals surface area contributed by atoms with Gasteiger partial charge >= 0.3 is 0 Å². The summed E-state index contributed by atoms with van der Waals surface area (Å²) in [6.07, 6.45) is 3.57. The predicted molar refractivity (Wildman–Crippen MR) is 132 cm³/mol.